The van der Waals surface area contributed by atoms with Crippen LogP contribution in [0.15, 0.2) is 23.1 Å². The van der Waals surface area contributed by atoms with Crippen LogP contribution in [0.1, 0.15) is 32.8 Å². The van der Waals surface area contributed by atoms with Crippen molar-refractivity contribution in [3.63, 3.8) is 0 Å². The number of benzene rings is 1. The standard InChI is InChI=1S/C15H21FN2O2S/c1-4-15(2,3)11-18-21(19,20)13-8-7-12(6-5-9-17)14(16)10-13/h7-8,10,18H,4,9,11,17H2,1-3H3. The summed E-state index contributed by atoms with van der Waals surface area (Å²) in [6.07, 6.45) is 0.831. The molecule has 1 aromatic carbocycles. The van der Waals surface area contributed by atoms with Gasteiger partial charge in [0.2, 0.25) is 10.0 Å². The van der Waals surface area contributed by atoms with E-state index in [4.69, 9.17) is 5.73 Å². The van der Waals surface area contributed by atoms with Gasteiger partial charge in [-0.3, -0.25) is 0 Å². The van der Waals surface area contributed by atoms with Crippen LogP contribution in [0.3, 0.4) is 0 Å². The van der Waals surface area contributed by atoms with Gasteiger partial charge in [0.05, 0.1) is 17.0 Å². The molecule has 0 aromatic heterocycles. The Bertz CT molecular complexity index is 658. The van der Waals surface area contributed by atoms with E-state index in [1.165, 1.54) is 12.1 Å². The molecule has 0 amide bonds. The Hall–Kier alpha value is -1.42. The predicted molar refractivity (Wildman–Crippen MR) is 81.6 cm³/mol. The fourth-order valence-electron chi connectivity index (χ4n) is 1.41. The quantitative estimate of drug-likeness (QED) is 0.815. The van der Waals surface area contributed by atoms with E-state index < -0.39 is 15.8 Å². The van der Waals surface area contributed by atoms with Gasteiger partial charge in [-0.15, -0.1) is 0 Å². The monoisotopic (exact) mass is 312 g/mol. The summed E-state index contributed by atoms with van der Waals surface area (Å²) in [5.41, 5.74) is 5.20. The van der Waals surface area contributed by atoms with E-state index >= 15 is 0 Å². The lowest BCUT2D eigenvalue weighted by molar-refractivity contribution is 0.350. The summed E-state index contributed by atoms with van der Waals surface area (Å²) in [6.45, 7) is 6.32. The number of nitrogens with two attached hydrogens (primary N) is 1. The normalized spacial score (nSPS) is 11.9. The number of halogens is 1. The van der Waals surface area contributed by atoms with Crippen molar-refractivity contribution in [3.8, 4) is 11.8 Å². The Labute approximate surface area is 126 Å². The second-order valence-corrected chi connectivity index (χ2v) is 7.26. The van der Waals surface area contributed by atoms with E-state index in [2.05, 4.69) is 16.6 Å². The molecule has 3 N–H and O–H groups in total. The van der Waals surface area contributed by atoms with Crippen molar-refractivity contribution in [2.75, 3.05) is 13.1 Å². The first kappa shape index (κ1) is 17.6. The minimum Gasteiger partial charge on any atom is -0.320 e. The summed E-state index contributed by atoms with van der Waals surface area (Å²) >= 11 is 0. The van der Waals surface area contributed by atoms with Gasteiger partial charge in [0.15, 0.2) is 0 Å². The molecule has 0 heterocycles. The summed E-state index contributed by atoms with van der Waals surface area (Å²) in [4.78, 5) is -0.106. The molecule has 0 aliphatic rings. The van der Waals surface area contributed by atoms with Crippen molar-refractivity contribution >= 4 is 10.0 Å². The first-order valence-corrected chi connectivity index (χ1v) is 8.18. The smallest absolute Gasteiger partial charge is 0.240 e. The minimum absolute atomic E-state index is 0.106. The predicted octanol–water partition coefficient (Wildman–Crippen LogP) is 1.85. The van der Waals surface area contributed by atoms with Crippen LogP contribution < -0.4 is 10.5 Å². The molecule has 0 aliphatic carbocycles. The van der Waals surface area contributed by atoms with Crippen molar-refractivity contribution in [1.82, 2.24) is 4.72 Å². The average Bonchev–Trinajstić information content (AvgIpc) is 2.44. The summed E-state index contributed by atoms with van der Waals surface area (Å²) < 4.78 is 40.6. The van der Waals surface area contributed by atoms with Gasteiger partial charge in [-0.2, -0.15) is 0 Å². The van der Waals surface area contributed by atoms with Crippen molar-refractivity contribution in [2.24, 2.45) is 11.1 Å². The van der Waals surface area contributed by atoms with Gasteiger partial charge in [-0.05, 0) is 30.0 Å². The second-order valence-electron chi connectivity index (χ2n) is 5.49. The second kappa shape index (κ2) is 7.03. The van der Waals surface area contributed by atoms with Gasteiger partial charge in [0.25, 0.3) is 0 Å². The molecule has 0 saturated heterocycles. The number of hydrogen-bond donors (Lipinski definition) is 2. The molecule has 6 heteroatoms. The molecule has 4 nitrogen and oxygen atoms in total. The largest absolute Gasteiger partial charge is 0.320 e. The first-order chi connectivity index (χ1) is 9.72. The maximum absolute atomic E-state index is 13.8. The van der Waals surface area contributed by atoms with Gasteiger partial charge in [-0.25, -0.2) is 17.5 Å². The molecular weight excluding hydrogens is 291 g/mol. The van der Waals surface area contributed by atoms with Crippen molar-refractivity contribution in [1.29, 1.82) is 0 Å². The topological polar surface area (TPSA) is 72.2 Å². The summed E-state index contributed by atoms with van der Waals surface area (Å²) in [5, 5.41) is 0. The molecule has 0 saturated carbocycles. The van der Waals surface area contributed by atoms with Gasteiger partial charge in [-0.1, -0.05) is 32.6 Å². The molecule has 21 heavy (non-hydrogen) atoms. The van der Waals surface area contributed by atoms with Crippen LogP contribution in [0.25, 0.3) is 0 Å². The van der Waals surface area contributed by atoms with E-state index in [-0.39, 0.29) is 22.4 Å². The van der Waals surface area contributed by atoms with E-state index in [0.29, 0.717) is 6.54 Å². The zero-order valence-corrected chi connectivity index (χ0v) is 13.3. The number of hydrogen-bond acceptors (Lipinski definition) is 3. The highest BCUT2D eigenvalue weighted by Gasteiger charge is 2.21. The molecule has 1 rings (SSSR count). The molecule has 0 atom stereocenters. The molecule has 1 aromatic rings. The van der Waals surface area contributed by atoms with Crippen LogP contribution in [-0.2, 0) is 10.0 Å². The maximum atomic E-state index is 13.8. The molecule has 0 fully saturated rings. The maximum Gasteiger partial charge on any atom is 0.240 e. The van der Waals surface area contributed by atoms with Gasteiger partial charge in [0.1, 0.15) is 5.82 Å². The lowest BCUT2D eigenvalue weighted by Crippen LogP contribution is -2.33. The SMILES string of the molecule is CCC(C)(C)CNS(=O)(=O)c1ccc(C#CCN)c(F)c1. The molecule has 0 bridgehead atoms. The summed E-state index contributed by atoms with van der Waals surface area (Å²) in [5.74, 6) is 4.41. The van der Waals surface area contributed by atoms with E-state index in [0.717, 1.165) is 12.5 Å². The van der Waals surface area contributed by atoms with Gasteiger partial charge in [0, 0.05) is 6.54 Å². The molecule has 0 unspecified atom stereocenters. The van der Waals surface area contributed by atoms with E-state index in [1.54, 1.807) is 0 Å². The average molecular weight is 312 g/mol. The van der Waals surface area contributed by atoms with Gasteiger partial charge >= 0.3 is 0 Å². The fraction of sp³-hybridized carbons (Fsp3) is 0.467. The van der Waals surface area contributed by atoms with Crippen molar-refractivity contribution in [2.45, 2.75) is 32.1 Å². The minimum atomic E-state index is -3.73. The van der Waals surface area contributed by atoms with E-state index in [9.17, 15) is 12.8 Å². The Morgan fingerprint density at radius 3 is 2.57 bits per heavy atom. The molecule has 0 spiro atoms. The fourth-order valence-corrected chi connectivity index (χ4v) is 2.66. The Morgan fingerprint density at radius 1 is 1.38 bits per heavy atom. The zero-order chi connectivity index (χ0) is 16.1. The molecule has 116 valence electrons. The highest BCUT2D eigenvalue weighted by molar-refractivity contribution is 7.89. The number of nitrogens with one attached hydrogen (secondary N) is 1. The Kier molecular flexibility index (Phi) is 5.90. The van der Waals surface area contributed by atoms with Gasteiger partial charge < -0.3 is 5.73 Å². The first-order valence-electron chi connectivity index (χ1n) is 6.70. The van der Waals surface area contributed by atoms with Crippen LogP contribution in [0, 0.1) is 23.1 Å². The number of rotatable bonds is 5. The molecule has 0 radical (unpaired) electrons. The van der Waals surface area contributed by atoms with Crippen molar-refractivity contribution < 1.29 is 12.8 Å². The third-order valence-corrected chi connectivity index (χ3v) is 4.67. The number of sulfonamides is 1. The van der Waals surface area contributed by atoms with Crippen LogP contribution >= 0.6 is 0 Å². The molecular formula is C15H21FN2O2S. The van der Waals surface area contributed by atoms with E-state index in [1.807, 2.05) is 20.8 Å². The summed E-state index contributed by atoms with van der Waals surface area (Å²) in [6, 6.07) is 3.66. The van der Waals surface area contributed by atoms with Crippen LogP contribution in [0.5, 0.6) is 0 Å². The Morgan fingerprint density at radius 2 is 2.05 bits per heavy atom. The van der Waals surface area contributed by atoms with Crippen LogP contribution in [0.2, 0.25) is 0 Å². The lowest BCUT2D eigenvalue weighted by Gasteiger charge is -2.22. The zero-order valence-electron chi connectivity index (χ0n) is 12.5. The Balaban J connectivity index is 2.97. The molecule has 0 aliphatic heterocycles. The van der Waals surface area contributed by atoms with Crippen LogP contribution in [-0.4, -0.2) is 21.5 Å². The third kappa shape index (κ3) is 5.12. The van der Waals surface area contributed by atoms with Crippen molar-refractivity contribution in [3.05, 3.63) is 29.6 Å². The highest BCUT2D eigenvalue weighted by Crippen LogP contribution is 2.20. The summed E-state index contributed by atoms with van der Waals surface area (Å²) in [7, 11) is -3.73. The highest BCUT2D eigenvalue weighted by atomic mass is 32.2. The lowest BCUT2D eigenvalue weighted by atomic mass is 9.91. The third-order valence-electron chi connectivity index (χ3n) is 3.27. The van der Waals surface area contributed by atoms with Crippen LogP contribution in [0.4, 0.5) is 4.39 Å².